The lowest BCUT2D eigenvalue weighted by molar-refractivity contribution is 0.217. The number of hydrogen-bond donors (Lipinski definition) is 2. The van der Waals surface area contributed by atoms with Crippen LogP contribution in [0.4, 0.5) is 0 Å². The van der Waals surface area contributed by atoms with E-state index < -0.39 is 21.1 Å². The van der Waals surface area contributed by atoms with Gasteiger partial charge in [0.15, 0.2) is 0 Å². The number of rotatable bonds is 3. The highest BCUT2D eigenvalue weighted by Gasteiger charge is 2.23. The molecule has 0 fully saturated rings. The summed E-state index contributed by atoms with van der Waals surface area (Å²) in [7, 11) is -4.48. The minimum atomic E-state index is -4.48. The standard InChI is InChI=1S/C13H9Cl3O4S/c14-9-6-11(16)10(15)5-8(9)13(17)7-3-1-2-4-12(7)21(18,19)20/h1-6,13,17H,(H,18,19,20). The third-order valence-electron chi connectivity index (χ3n) is 2.83. The molecule has 0 aromatic heterocycles. The van der Waals surface area contributed by atoms with Gasteiger partial charge in [-0.2, -0.15) is 8.42 Å². The molecule has 0 spiro atoms. The Morgan fingerprint density at radius 2 is 1.48 bits per heavy atom. The van der Waals surface area contributed by atoms with E-state index in [9.17, 15) is 18.1 Å². The van der Waals surface area contributed by atoms with Crippen LogP contribution in [0.15, 0.2) is 41.3 Å². The fraction of sp³-hybridized carbons (Fsp3) is 0.0769. The smallest absolute Gasteiger partial charge is 0.294 e. The molecule has 0 heterocycles. The molecule has 0 radical (unpaired) electrons. The maximum atomic E-state index is 11.4. The van der Waals surface area contributed by atoms with Gasteiger partial charge in [0, 0.05) is 16.1 Å². The lowest BCUT2D eigenvalue weighted by Gasteiger charge is -2.16. The van der Waals surface area contributed by atoms with Crippen molar-refractivity contribution >= 4 is 44.9 Å². The summed E-state index contributed by atoms with van der Waals surface area (Å²) in [6.07, 6.45) is -1.38. The summed E-state index contributed by atoms with van der Waals surface area (Å²) in [5, 5.41) is 10.9. The summed E-state index contributed by atoms with van der Waals surface area (Å²) in [5.74, 6) is 0. The maximum absolute atomic E-state index is 11.4. The van der Waals surface area contributed by atoms with Gasteiger partial charge in [0.1, 0.15) is 6.10 Å². The maximum Gasteiger partial charge on any atom is 0.294 e. The van der Waals surface area contributed by atoms with Gasteiger partial charge in [-0.1, -0.05) is 53.0 Å². The molecule has 0 saturated heterocycles. The van der Waals surface area contributed by atoms with Crippen molar-refractivity contribution in [2.45, 2.75) is 11.0 Å². The predicted molar refractivity (Wildman–Crippen MR) is 81.8 cm³/mol. The summed E-state index contributed by atoms with van der Waals surface area (Å²) in [5.41, 5.74) is 0.169. The Kier molecular flexibility index (Phi) is 4.82. The van der Waals surface area contributed by atoms with E-state index in [1.54, 1.807) is 0 Å². The van der Waals surface area contributed by atoms with E-state index in [4.69, 9.17) is 34.8 Å². The van der Waals surface area contributed by atoms with Gasteiger partial charge in [-0.3, -0.25) is 4.55 Å². The Labute approximate surface area is 136 Å². The van der Waals surface area contributed by atoms with Gasteiger partial charge in [0.05, 0.1) is 14.9 Å². The number of halogens is 3. The Hall–Kier alpha value is -0.820. The normalized spacial score (nSPS) is 13.2. The van der Waals surface area contributed by atoms with E-state index in [0.29, 0.717) is 0 Å². The molecule has 112 valence electrons. The second-order valence-electron chi connectivity index (χ2n) is 4.20. The van der Waals surface area contributed by atoms with E-state index in [1.165, 1.54) is 36.4 Å². The zero-order valence-electron chi connectivity index (χ0n) is 10.3. The molecular formula is C13H9Cl3O4S. The summed E-state index contributed by atoms with van der Waals surface area (Å²) >= 11 is 17.7. The van der Waals surface area contributed by atoms with Gasteiger partial charge in [-0.25, -0.2) is 0 Å². The molecule has 0 amide bonds. The van der Waals surface area contributed by atoms with Crippen LogP contribution in [0, 0.1) is 0 Å². The van der Waals surface area contributed by atoms with Crippen LogP contribution in [0.5, 0.6) is 0 Å². The van der Waals surface area contributed by atoms with Crippen LogP contribution >= 0.6 is 34.8 Å². The molecule has 0 aliphatic heterocycles. The van der Waals surface area contributed by atoms with Gasteiger partial charge in [-0.05, 0) is 18.2 Å². The van der Waals surface area contributed by atoms with Gasteiger partial charge in [-0.15, -0.1) is 0 Å². The summed E-state index contributed by atoms with van der Waals surface area (Å²) in [4.78, 5) is -0.403. The molecule has 4 nitrogen and oxygen atoms in total. The highest BCUT2D eigenvalue weighted by molar-refractivity contribution is 7.85. The van der Waals surface area contributed by atoms with Crippen molar-refractivity contribution < 1.29 is 18.1 Å². The summed E-state index contributed by atoms with van der Waals surface area (Å²) in [6.45, 7) is 0. The van der Waals surface area contributed by atoms with Crippen molar-refractivity contribution in [2.75, 3.05) is 0 Å². The van der Waals surface area contributed by atoms with E-state index >= 15 is 0 Å². The summed E-state index contributed by atoms with van der Waals surface area (Å²) < 4.78 is 31.9. The molecule has 8 heteroatoms. The molecule has 0 aliphatic carbocycles. The third kappa shape index (κ3) is 3.51. The van der Waals surface area contributed by atoms with Crippen LogP contribution < -0.4 is 0 Å². The molecule has 1 atom stereocenters. The molecule has 2 rings (SSSR count). The fourth-order valence-corrected chi connectivity index (χ4v) is 3.24. The molecule has 0 bridgehead atoms. The predicted octanol–water partition coefficient (Wildman–Crippen LogP) is 3.98. The number of aliphatic hydroxyl groups is 1. The number of benzene rings is 2. The third-order valence-corrected chi connectivity index (χ3v) is 4.80. The fourth-order valence-electron chi connectivity index (χ4n) is 1.86. The highest BCUT2D eigenvalue weighted by atomic mass is 35.5. The second kappa shape index (κ2) is 6.12. The van der Waals surface area contributed by atoms with E-state index in [2.05, 4.69) is 0 Å². The molecular weight excluding hydrogens is 359 g/mol. The van der Waals surface area contributed by atoms with Crippen molar-refractivity contribution in [3.8, 4) is 0 Å². The largest absolute Gasteiger partial charge is 0.384 e. The van der Waals surface area contributed by atoms with Gasteiger partial charge >= 0.3 is 0 Å². The van der Waals surface area contributed by atoms with Crippen LogP contribution in [0.1, 0.15) is 17.2 Å². The Bertz CT molecular complexity index is 790. The first-order valence-corrected chi connectivity index (χ1v) is 8.18. The molecule has 21 heavy (non-hydrogen) atoms. The van der Waals surface area contributed by atoms with Gasteiger partial charge in [0.25, 0.3) is 10.1 Å². The Morgan fingerprint density at radius 1 is 0.905 bits per heavy atom. The SMILES string of the molecule is O=S(=O)(O)c1ccccc1C(O)c1cc(Cl)c(Cl)cc1Cl. The van der Waals surface area contributed by atoms with E-state index in [-0.39, 0.29) is 26.2 Å². The molecule has 2 N–H and O–H groups in total. The Morgan fingerprint density at radius 3 is 2.10 bits per heavy atom. The molecule has 0 aliphatic rings. The van der Waals surface area contributed by atoms with Crippen LogP contribution in [-0.4, -0.2) is 18.1 Å². The van der Waals surface area contributed by atoms with E-state index in [0.717, 1.165) is 0 Å². The van der Waals surface area contributed by atoms with Crippen molar-refractivity contribution in [1.82, 2.24) is 0 Å². The zero-order valence-corrected chi connectivity index (χ0v) is 13.4. The number of hydrogen-bond acceptors (Lipinski definition) is 3. The average molecular weight is 368 g/mol. The first-order chi connectivity index (χ1) is 9.71. The van der Waals surface area contributed by atoms with Crippen molar-refractivity contribution in [2.24, 2.45) is 0 Å². The van der Waals surface area contributed by atoms with Gasteiger partial charge < -0.3 is 5.11 Å². The van der Waals surface area contributed by atoms with Crippen molar-refractivity contribution in [1.29, 1.82) is 0 Å². The quantitative estimate of drug-likeness (QED) is 0.636. The van der Waals surface area contributed by atoms with Crippen LogP contribution in [0.25, 0.3) is 0 Å². The van der Waals surface area contributed by atoms with Gasteiger partial charge in [0.2, 0.25) is 0 Å². The molecule has 2 aromatic carbocycles. The monoisotopic (exact) mass is 366 g/mol. The van der Waals surface area contributed by atoms with Crippen LogP contribution in [0.2, 0.25) is 15.1 Å². The van der Waals surface area contributed by atoms with Crippen LogP contribution in [0.3, 0.4) is 0 Å². The van der Waals surface area contributed by atoms with Crippen LogP contribution in [-0.2, 0) is 10.1 Å². The first kappa shape index (κ1) is 16.5. The first-order valence-electron chi connectivity index (χ1n) is 5.60. The average Bonchev–Trinajstić information content (AvgIpc) is 2.41. The van der Waals surface area contributed by atoms with Crippen molar-refractivity contribution in [3.63, 3.8) is 0 Å². The second-order valence-corrected chi connectivity index (χ2v) is 6.81. The molecule has 2 aromatic rings. The molecule has 0 saturated carbocycles. The molecule has 1 unspecified atom stereocenters. The van der Waals surface area contributed by atoms with Crippen molar-refractivity contribution in [3.05, 3.63) is 62.6 Å². The highest BCUT2D eigenvalue weighted by Crippen LogP contribution is 2.36. The number of aliphatic hydroxyl groups excluding tert-OH is 1. The lowest BCUT2D eigenvalue weighted by Crippen LogP contribution is -2.08. The zero-order chi connectivity index (χ0) is 15.8. The Balaban J connectivity index is 2.61. The lowest BCUT2D eigenvalue weighted by atomic mass is 10.0. The minimum Gasteiger partial charge on any atom is -0.384 e. The van der Waals surface area contributed by atoms with E-state index in [1.807, 2.05) is 0 Å². The topological polar surface area (TPSA) is 74.6 Å². The minimum absolute atomic E-state index is 0.0136. The summed E-state index contributed by atoms with van der Waals surface area (Å²) in [6, 6.07) is 8.19.